The Morgan fingerprint density at radius 1 is 1.13 bits per heavy atom. The summed E-state index contributed by atoms with van der Waals surface area (Å²) in [6.07, 6.45) is 3.71. The van der Waals surface area contributed by atoms with E-state index in [-0.39, 0.29) is 5.91 Å². The second-order valence-electron chi connectivity index (χ2n) is 8.43. The van der Waals surface area contributed by atoms with Crippen molar-refractivity contribution >= 4 is 28.1 Å². The first-order valence-electron chi connectivity index (χ1n) is 11.0. The number of benzene rings is 1. The van der Waals surface area contributed by atoms with Crippen LogP contribution in [0.2, 0.25) is 0 Å². The summed E-state index contributed by atoms with van der Waals surface area (Å²) < 4.78 is 8.19. The number of aryl methyl sites for hydroxylation is 1. The van der Waals surface area contributed by atoms with Gasteiger partial charge in [0.25, 0.3) is 0 Å². The maximum Gasteiger partial charge on any atom is 0.224 e. The van der Waals surface area contributed by atoms with Gasteiger partial charge < -0.3 is 14.6 Å². The largest absolute Gasteiger partial charge is 0.479 e. The molecule has 1 N–H and O–H groups in total. The van der Waals surface area contributed by atoms with Crippen LogP contribution in [0.5, 0.6) is 5.88 Å². The van der Waals surface area contributed by atoms with Gasteiger partial charge in [-0.1, -0.05) is 24.3 Å². The Bertz CT molecular complexity index is 1000. The highest BCUT2D eigenvalue weighted by Crippen LogP contribution is 2.35. The average molecular weight is 424 g/mol. The SMILES string of the molecule is O=C(Cc1c2n(c3ccccc13)CCCO2)NCC1CCN(Cc2cccs2)CC1. The molecule has 0 spiro atoms. The number of likely N-dealkylation sites (tertiary alicyclic amines) is 1. The predicted octanol–water partition coefficient (Wildman–Crippen LogP) is 4.06. The molecule has 30 heavy (non-hydrogen) atoms. The highest BCUT2D eigenvalue weighted by Gasteiger charge is 2.24. The molecule has 3 aromatic rings. The Hall–Kier alpha value is -2.31. The van der Waals surface area contributed by atoms with Crippen LogP contribution in [0.25, 0.3) is 10.9 Å². The van der Waals surface area contributed by atoms with Crippen molar-refractivity contribution in [1.82, 2.24) is 14.8 Å². The van der Waals surface area contributed by atoms with E-state index in [0.29, 0.717) is 12.3 Å². The van der Waals surface area contributed by atoms with Gasteiger partial charge in [0.15, 0.2) is 5.88 Å². The summed E-state index contributed by atoms with van der Waals surface area (Å²) in [6, 6.07) is 12.7. The van der Waals surface area contributed by atoms with E-state index in [0.717, 1.165) is 75.4 Å². The molecular weight excluding hydrogens is 394 g/mol. The number of nitrogens with zero attached hydrogens (tertiary/aromatic N) is 2. The zero-order valence-corrected chi connectivity index (χ0v) is 18.1. The quantitative estimate of drug-likeness (QED) is 0.651. The highest BCUT2D eigenvalue weighted by atomic mass is 32.1. The van der Waals surface area contributed by atoms with Gasteiger partial charge in [-0.25, -0.2) is 0 Å². The van der Waals surface area contributed by atoms with Crippen molar-refractivity contribution in [3.05, 3.63) is 52.2 Å². The van der Waals surface area contributed by atoms with Crippen LogP contribution in [0.15, 0.2) is 41.8 Å². The molecule has 0 atom stereocenters. The summed E-state index contributed by atoms with van der Waals surface area (Å²) in [7, 11) is 0. The van der Waals surface area contributed by atoms with Crippen LogP contribution in [0.4, 0.5) is 0 Å². The number of carbonyl (C=O) groups excluding carboxylic acids is 1. The molecule has 6 heteroatoms. The first-order valence-corrected chi connectivity index (χ1v) is 11.9. The smallest absolute Gasteiger partial charge is 0.224 e. The van der Waals surface area contributed by atoms with E-state index in [2.05, 4.69) is 50.5 Å². The first kappa shape index (κ1) is 19.6. The normalized spacial score (nSPS) is 17.6. The average Bonchev–Trinajstić information content (AvgIpc) is 3.40. The maximum absolute atomic E-state index is 12.8. The van der Waals surface area contributed by atoms with Gasteiger partial charge in [0.1, 0.15) is 0 Å². The van der Waals surface area contributed by atoms with Crippen molar-refractivity contribution in [2.45, 2.75) is 38.8 Å². The molecular formula is C24H29N3O2S. The standard InChI is InChI=1S/C24H29N3O2S/c28-23(25-16-18-8-11-26(12-9-18)17-19-5-3-14-30-19)15-21-20-6-1-2-7-22(20)27-10-4-13-29-24(21)27/h1-3,5-7,14,18H,4,8-13,15-17H2,(H,25,28). The van der Waals surface area contributed by atoms with Crippen LogP contribution in [0, 0.1) is 5.92 Å². The molecule has 0 saturated carbocycles. The molecule has 0 bridgehead atoms. The lowest BCUT2D eigenvalue weighted by Crippen LogP contribution is -2.38. The van der Waals surface area contributed by atoms with Crippen molar-refractivity contribution in [2.24, 2.45) is 5.92 Å². The monoisotopic (exact) mass is 423 g/mol. The van der Waals surface area contributed by atoms with Crippen LogP contribution >= 0.6 is 11.3 Å². The summed E-state index contributed by atoms with van der Waals surface area (Å²) in [5.74, 6) is 1.56. The van der Waals surface area contributed by atoms with Gasteiger partial charge in [-0.3, -0.25) is 9.69 Å². The number of carbonyl (C=O) groups is 1. The molecule has 1 saturated heterocycles. The van der Waals surface area contributed by atoms with Gasteiger partial charge in [-0.15, -0.1) is 11.3 Å². The summed E-state index contributed by atoms with van der Waals surface area (Å²) in [4.78, 5) is 16.7. The molecule has 0 aliphatic carbocycles. The Morgan fingerprint density at radius 2 is 2.00 bits per heavy atom. The fourth-order valence-corrected chi connectivity index (χ4v) is 5.50. The minimum Gasteiger partial charge on any atom is -0.479 e. The number of aromatic nitrogens is 1. The number of fused-ring (bicyclic) bond motifs is 3. The number of ether oxygens (including phenoxy) is 1. The highest BCUT2D eigenvalue weighted by molar-refractivity contribution is 7.09. The topological polar surface area (TPSA) is 46.5 Å². The Balaban J connectivity index is 1.16. The Kier molecular flexibility index (Phi) is 5.77. The van der Waals surface area contributed by atoms with Gasteiger partial charge in [-0.05, 0) is 55.8 Å². The van der Waals surface area contributed by atoms with Gasteiger partial charge in [0.05, 0.1) is 18.5 Å². The van der Waals surface area contributed by atoms with E-state index < -0.39 is 0 Å². The van der Waals surface area contributed by atoms with E-state index in [1.54, 1.807) is 0 Å². The Morgan fingerprint density at radius 3 is 2.83 bits per heavy atom. The van der Waals surface area contributed by atoms with Crippen LogP contribution in [-0.4, -0.2) is 41.6 Å². The van der Waals surface area contributed by atoms with Gasteiger partial charge in [-0.2, -0.15) is 0 Å². The molecule has 4 heterocycles. The molecule has 2 aliphatic heterocycles. The third-order valence-electron chi connectivity index (χ3n) is 6.38. The number of thiophene rings is 1. The first-order chi connectivity index (χ1) is 14.8. The predicted molar refractivity (Wildman–Crippen MR) is 121 cm³/mol. The lowest BCUT2D eigenvalue weighted by molar-refractivity contribution is -0.120. The van der Waals surface area contributed by atoms with Crippen molar-refractivity contribution in [1.29, 1.82) is 0 Å². The lowest BCUT2D eigenvalue weighted by Gasteiger charge is -2.31. The molecule has 1 fully saturated rings. The molecule has 2 aromatic heterocycles. The molecule has 2 aliphatic rings. The second kappa shape index (κ2) is 8.82. The Labute approximate surface area is 181 Å². The summed E-state index contributed by atoms with van der Waals surface area (Å²) >= 11 is 1.83. The van der Waals surface area contributed by atoms with Gasteiger partial charge in [0.2, 0.25) is 5.91 Å². The number of nitrogens with one attached hydrogen (secondary N) is 1. The zero-order valence-electron chi connectivity index (χ0n) is 17.3. The summed E-state index contributed by atoms with van der Waals surface area (Å²) in [5, 5.41) is 6.49. The van der Waals surface area contributed by atoms with Crippen molar-refractivity contribution in [2.75, 3.05) is 26.2 Å². The van der Waals surface area contributed by atoms with Crippen molar-refractivity contribution in [3.63, 3.8) is 0 Å². The molecule has 5 nitrogen and oxygen atoms in total. The zero-order chi connectivity index (χ0) is 20.3. The summed E-state index contributed by atoms with van der Waals surface area (Å²) in [6.45, 7) is 5.76. The number of rotatable bonds is 6. The maximum atomic E-state index is 12.8. The van der Waals surface area contributed by atoms with Crippen LogP contribution in [0.1, 0.15) is 29.7 Å². The number of amides is 1. The number of hydrogen-bond acceptors (Lipinski definition) is 4. The van der Waals surface area contributed by atoms with Crippen molar-refractivity contribution < 1.29 is 9.53 Å². The molecule has 158 valence electrons. The van der Waals surface area contributed by atoms with Crippen LogP contribution < -0.4 is 10.1 Å². The van der Waals surface area contributed by atoms with Gasteiger partial charge >= 0.3 is 0 Å². The fraction of sp³-hybridized carbons (Fsp3) is 0.458. The lowest BCUT2D eigenvalue weighted by atomic mass is 9.96. The molecule has 1 amide bonds. The van der Waals surface area contributed by atoms with Gasteiger partial charge in [0, 0.05) is 35.5 Å². The number of piperidine rings is 1. The van der Waals surface area contributed by atoms with E-state index in [9.17, 15) is 4.79 Å². The van der Waals surface area contributed by atoms with Crippen LogP contribution in [0.3, 0.4) is 0 Å². The number of para-hydroxylation sites is 1. The third kappa shape index (κ3) is 4.12. The molecule has 5 rings (SSSR count). The minimum absolute atomic E-state index is 0.101. The molecule has 0 radical (unpaired) electrons. The van der Waals surface area contributed by atoms with E-state index >= 15 is 0 Å². The number of hydrogen-bond donors (Lipinski definition) is 1. The fourth-order valence-electron chi connectivity index (χ4n) is 4.75. The van der Waals surface area contributed by atoms with E-state index in [1.807, 2.05) is 17.4 Å². The third-order valence-corrected chi connectivity index (χ3v) is 7.24. The van der Waals surface area contributed by atoms with E-state index in [4.69, 9.17) is 4.74 Å². The summed E-state index contributed by atoms with van der Waals surface area (Å²) in [5.41, 5.74) is 2.21. The van der Waals surface area contributed by atoms with E-state index in [1.165, 1.54) is 10.4 Å². The van der Waals surface area contributed by atoms with Crippen molar-refractivity contribution in [3.8, 4) is 5.88 Å². The second-order valence-corrected chi connectivity index (χ2v) is 9.47. The van der Waals surface area contributed by atoms with Crippen LogP contribution in [-0.2, 0) is 24.3 Å². The minimum atomic E-state index is 0.101. The molecule has 0 unspecified atom stereocenters. The molecule has 1 aromatic carbocycles.